The third kappa shape index (κ3) is 3.07. The molecule has 0 unspecified atom stereocenters. The number of fused-ring (bicyclic) bond motifs is 1. The van der Waals surface area contributed by atoms with E-state index in [4.69, 9.17) is 0 Å². The summed E-state index contributed by atoms with van der Waals surface area (Å²) in [5.74, 6) is 1.72. The highest BCUT2D eigenvalue weighted by Crippen LogP contribution is 2.20. The predicted molar refractivity (Wildman–Crippen MR) is 90.7 cm³/mol. The first-order valence-electron chi connectivity index (χ1n) is 8.50. The van der Waals surface area contributed by atoms with Crippen LogP contribution in [-0.4, -0.2) is 69.2 Å². The van der Waals surface area contributed by atoms with Gasteiger partial charge in [-0.15, -0.1) is 10.2 Å². The fraction of sp³-hybridized carbons (Fsp3) is 0.412. The molecular weight excluding hydrogens is 320 g/mol. The van der Waals surface area contributed by atoms with Gasteiger partial charge in [0.05, 0.1) is 0 Å². The standard InChI is InChI=1S/C17H20N6O2/c24-15(12-22-9-7-18-17(22)25)21-8-6-14-19-20-16(23(14)11-10-21)13-4-2-1-3-5-13/h1-5H,6-12H2,(H,18,25). The van der Waals surface area contributed by atoms with Gasteiger partial charge in [-0.2, -0.15) is 0 Å². The molecule has 0 radical (unpaired) electrons. The normalized spacial score (nSPS) is 17.2. The molecule has 1 aromatic carbocycles. The first-order valence-corrected chi connectivity index (χ1v) is 8.50. The van der Waals surface area contributed by atoms with Gasteiger partial charge in [0.25, 0.3) is 0 Å². The number of hydrogen-bond acceptors (Lipinski definition) is 4. The minimum absolute atomic E-state index is 0.0166. The lowest BCUT2D eigenvalue weighted by molar-refractivity contribution is -0.131. The molecule has 3 heterocycles. The van der Waals surface area contributed by atoms with Crippen LogP contribution >= 0.6 is 0 Å². The Morgan fingerprint density at radius 3 is 2.68 bits per heavy atom. The molecule has 0 bridgehead atoms. The number of aromatic nitrogens is 3. The highest BCUT2D eigenvalue weighted by Gasteiger charge is 2.26. The van der Waals surface area contributed by atoms with Crippen LogP contribution in [0.1, 0.15) is 5.82 Å². The van der Waals surface area contributed by atoms with E-state index >= 15 is 0 Å². The zero-order chi connectivity index (χ0) is 17.2. The van der Waals surface area contributed by atoms with Crippen molar-refractivity contribution >= 4 is 11.9 Å². The molecule has 1 aromatic heterocycles. The summed E-state index contributed by atoms with van der Waals surface area (Å²) in [6.07, 6.45) is 0.664. The van der Waals surface area contributed by atoms with E-state index in [0.717, 1.165) is 17.2 Å². The summed E-state index contributed by atoms with van der Waals surface area (Å²) in [6, 6.07) is 9.79. The van der Waals surface area contributed by atoms with Gasteiger partial charge < -0.3 is 19.7 Å². The quantitative estimate of drug-likeness (QED) is 0.874. The van der Waals surface area contributed by atoms with Crippen LogP contribution in [0.4, 0.5) is 4.79 Å². The number of carbonyl (C=O) groups excluding carboxylic acids is 2. The summed E-state index contributed by atoms with van der Waals surface area (Å²) < 4.78 is 2.09. The van der Waals surface area contributed by atoms with Crippen LogP contribution in [0.3, 0.4) is 0 Å². The molecule has 4 rings (SSSR count). The van der Waals surface area contributed by atoms with Crippen LogP contribution in [-0.2, 0) is 17.8 Å². The maximum absolute atomic E-state index is 12.5. The van der Waals surface area contributed by atoms with Crippen molar-refractivity contribution in [2.45, 2.75) is 13.0 Å². The number of carbonyl (C=O) groups is 2. The van der Waals surface area contributed by atoms with E-state index in [1.165, 1.54) is 0 Å². The first-order chi connectivity index (χ1) is 12.2. The number of nitrogens with one attached hydrogen (secondary N) is 1. The van der Waals surface area contributed by atoms with Crippen LogP contribution in [0.5, 0.6) is 0 Å². The molecule has 1 saturated heterocycles. The highest BCUT2D eigenvalue weighted by atomic mass is 16.2. The number of rotatable bonds is 3. The fourth-order valence-corrected chi connectivity index (χ4v) is 3.30. The first kappa shape index (κ1) is 15.6. The van der Waals surface area contributed by atoms with Crippen LogP contribution in [0.2, 0.25) is 0 Å². The number of benzene rings is 1. The minimum Gasteiger partial charge on any atom is -0.339 e. The molecule has 0 saturated carbocycles. The zero-order valence-corrected chi connectivity index (χ0v) is 13.9. The second kappa shape index (κ2) is 6.54. The van der Waals surface area contributed by atoms with Gasteiger partial charge in [-0.05, 0) is 0 Å². The van der Waals surface area contributed by atoms with Gasteiger partial charge in [0, 0.05) is 44.7 Å². The summed E-state index contributed by atoms with van der Waals surface area (Å²) in [4.78, 5) is 27.5. The number of amides is 3. The van der Waals surface area contributed by atoms with E-state index in [-0.39, 0.29) is 18.5 Å². The van der Waals surface area contributed by atoms with Gasteiger partial charge in [-0.3, -0.25) is 4.79 Å². The van der Waals surface area contributed by atoms with Gasteiger partial charge >= 0.3 is 6.03 Å². The van der Waals surface area contributed by atoms with E-state index < -0.39 is 0 Å². The number of nitrogens with zero attached hydrogens (tertiary/aromatic N) is 5. The summed E-state index contributed by atoms with van der Waals surface area (Å²) in [7, 11) is 0. The third-order valence-corrected chi connectivity index (χ3v) is 4.68. The Kier molecular flexibility index (Phi) is 4.09. The number of hydrogen-bond donors (Lipinski definition) is 1. The Morgan fingerprint density at radius 1 is 1.08 bits per heavy atom. The molecular formula is C17H20N6O2. The molecule has 2 aliphatic heterocycles. The molecule has 3 amide bonds. The zero-order valence-electron chi connectivity index (χ0n) is 13.9. The lowest BCUT2D eigenvalue weighted by Crippen LogP contribution is -2.42. The van der Waals surface area contributed by atoms with E-state index in [1.807, 2.05) is 35.2 Å². The second-order valence-electron chi connectivity index (χ2n) is 6.24. The molecule has 2 aromatic rings. The van der Waals surface area contributed by atoms with Crippen molar-refractivity contribution in [2.75, 3.05) is 32.7 Å². The van der Waals surface area contributed by atoms with E-state index in [0.29, 0.717) is 39.1 Å². The molecule has 0 spiro atoms. The van der Waals surface area contributed by atoms with Gasteiger partial charge in [0.15, 0.2) is 5.82 Å². The molecule has 1 fully saturated rings. The molecule has 0 atom stereocenters. The summed E-state index contributed by atoms with van der Waals surface area (Å²) >= 11 is 0. The van der Waals surface area contributed by atoms with Crippen LogP contribution in [0, 0.1) is 0 Å². The molecule has 2 aliphatic rings. The van der Waals surface area contributed by atoms with Crippen LogP contribution in [0.25, 0.3) is 11.4 Å². The maximum atomic E-state index is 12.5. The van der Waals surface area contributed by atoms with Crippen molar-refractivity contribution in [3.8, 4) is 11.4 Å². The monoisotopic (exact) mass is 340 g/mol. The molecule has 1 N–H and O–H groups in total. The van der Waals surface area contributed by atoms with Crippen LogP contribution < -0.4 is 5.32 Å². The number of urea groups is 1. The van der Waals surface area contributed by atoms with E-state index in [1.54, 1.807) is 4.90 Å². The maximum Gasteiger partial charge on any atom is 0.317 e. The van der Waals surface area contributed by atoms with Crippen LogP contribution in [0.15, 0.2) is 30.3 Å². The molecule has 8 heteroatoms. The average molecular weight is 340 g/mol. The second-order valence-corrected chi connectivity index (χ2v) is 6.24. The van der Waals surface area contributed by atoms with Crippen molar-refractivity contribution in [3.05, 3.63) is 36.2 Å². The van der Waals surface area contributed by atoms with Crippen molar-refractivity contribution in [1.82, 2.24) is 29.9 Å². The average Bonchev–Trinajstić information content (AvgIpc) is 3.16. The third-order valence-electron chi connectivity index (χ3n) is 4.68. The lowest BCUT2D eigenvalue weighted by Gasteiger charge is -2.23. The Hall–Kier alpha value is -2.90. The molecule has 0 aliphatic carbocycles. The van der Waals surface area contributed by atoms with Crippen molar-refractivity contribution in [1.29, 1.82) is 0 Å². The van der Waals surface area contributed by atoms with Crippen molar-refractivity contribution in [3.63, 3.8) is 0 Å². The Bertz CT molecular complexity index is 788. The van der Waals surface area contributed by atoms with Crippen molar-refractivity contribution < 1.29 is 9.59 Å². The van der Waals surface area contributed by atoms with Gasteiger partial charge in [-0.25, -0.2) is 4.79 Å². The smallest absolute Gasteiger partial charge is 0.317 e. The Labute approximate surface area is 145 Å². The predicted octanol–water partition coefficient (Wildman–Crippen LogP) is 0.355. The summed E-state index contributed by atoms with van der Waals surface area (Å²) in [6.45, 7) is 3.18. The molecule has 25 heavy (non-hydrogen) atoms. The topological polar surface area (TPSA) is 83.4 Å². The van der Waals surface area contributed by atoms with Gasteiger partial charge in [0.2, 0.25) is 5.91 Å². The summed E-state index contributed by atoms with van der Waals surface area (Å²) in [5, 5.41) is 11.3. The van der Waals surface area contributed by atoms with Gasteiger partial charge in [-0.1, -0.05) is 30.3 Å². The van der Waals surface area contributed by atoms with Gasteiger partial charge in [0.1, 0.15) is 12.4 Å². The molecule has 8 nitrogen and oxygen atoms in total. The van der Waals surface area contributed by atoms with Crippen molar-refractivity contribution in [2.24, 2.45) is 0 Å². The fourth-order valence-electron chi connectivity index (χ4n) is 3.30. The highest BCUT2D eigenvalue weighted by molar-refractivity contribution is 5.85. The lowest BCUT2D eigenvalue weighted by atomic mass is 10.2. The molecule has 130 valence electrons. The summed E-state index contributed by atoms with van der Waals surface area (Å²) in [5.41, 5.74) is 1.02. The Morgan fingerprint density at radius 2 is 1.92 bits per heavy atom. The van der Waals surface area contributed by atoms with E-state index in [2.05, 4.69) is 20.1 Å². The largest absolute Gasteiger partial charge is 0.339 e. The van der Waals surface area contributed by atoms with E-state index in [9.17, 15) is 9.59 Å². The SMILES string of the molecule is O=C(CN1CCNC1=O)N1CCc2nnc(-c3ccccc3)n2CC1. The Balaban J connectivity index is 1.46. The minimum atomic E-state index is -0.160.